The van der Waals surface area contributed by atoms with Gasteiger partial charge in [0.25, 0.3) is 0 Å². The second-order valence-corrected chi connectivity index (χ2v) is 4.45. The molecule has 0 aliphatic heterocycles. The summed E-state index contributed by atoms with van der Waals surface area (Å²) in [4.78, 5) is 2.28. The minimum Gasteiger partial charge on any atom is -0.385 e. The molecule has 1 N–H and O–H groups in total. The van der Waals surface area contributed by atoms with Gasteiger partial charge in [-0.2, -0.15) is 5.26 Å². The molecule has 1 unspecified atom stereocenters. The quantitative estimate of drug-likeness (QED) is 0.602. The molecule has 0 aliphatic rings. The number of nitrogens with zero attached hydrogens (tertiary/aromatic N) is 2. The van der Waals surface area contributed by atoms with E-state index in [-0.39, 0.29) is 5.54 Å². The number of hydrogen-bond donors (Lipinski definition) is 1. The zero-order valence-electron chi connectivity index (χ0n) is 11.0. The second-order valence-electron chi connectivity index (χ2n) is 4.45. The van der Waals surface area contributed by atoms with Crippen LogP contribution in [0.3, 0.4) is 0 Å². The van der Waals surface area contributed by atoms with Gasteiger partial charge in [0.05, 0.1) is 6.07 Å². The summed E-state index contributed by atoms with van der Waals surface area (Å²) >= 11 is 0. The third kappa shape index (κ3) is 6.78. The van der Waals surface area contributed by atoms with Crippen LogP contribution in [-0.4, -0.2) is 51.3 Å². The van der Waals surface area contributed by atoms with Crippen molar-refractivity contribution in [2.45, 2.75) is 31.7 Å². The summed E-state index contributed by atoms with van der Waals surface area (Å²) in [6.45, 7) is 4.84. The van der Waals surface area contributed by atoms with Gasteiger partial charge in [-0.3, -0.25) is 0 Å². The molecular formula is C12H25N3O. The van der Waals surface area contributed by atoms with Crippen molar-refractivity contribution in [1.29, 1.82) is 5.26 Å². The van der Waals surface area contributed by atoms with E-state index in [9.17, 15) is 0 Å². The molecule has 0 heterocycles. The van der Waals surface area contributed by atoms with Gasteiger partial charge in [0.1, 0.15) is 5.54 Å². The van der Waals surface area contributed by atoms with Crippen LogP contribution in [0.2, 0.25) is 0 Å². The average Bonchev–Trinajstić information content (AvgIpc) is 2.29. The lowest BCUT2D eigenvalue weighted by atomic mass is 9.98. The maximum absolute atomic E-state index is 8.98. The van der Waals surface area contributed by atoms with Crippen LogP contribution in [0.5, 0.6) is 0 Å². The first-order chi connectivity index (χ1) is 7.58. The van der Waals surface area contributed by atoms with Gasteiger partial charge in [0.15, 0.2) is 0 Å². The van der Waals surface area contributed by atoms with Crippen molar-refractivity contribution in [3.8, 4) is 6.07 Å². The molecule has 4 nitrogen and oxygen atoms in total. The van der Waals surface area contributed by atoms with Gasteiger partial charge >= 0.3 is 0 Å². The molecule has 16 heavy (non-hydrogen) atoms. The highest BCUT2D eigenvalue weighted by atomic mass is 16.5. The smallest absolute Gasteiger partial charge is 0.103 e. The SMILES string of the molecule is CNC(C)(C#N)CCCN(C)CCCOC. The molecule has 0 aromatic heterocycles. The first-order valence-electron chi connectivity index (χ1n) is 5.85. The Morgan fingerprint density at radius 2 is 2.00 bits per heavy atom. The average molecular weight is 227 g/mol. The molecule has 0 spiro atoms. The first kappa shape index (κ1) is 15.4. The summed E-state index contributed by atoms with van der Waals surface area (Å²) < 4.78 is 5.01. The van der Waals surface area contributed by atoms with Crippen LogP contribution in [0, 0.1) is 11.3 Å². The maximum Gasteiger partial charge on any atom is 0.103 e. The van der Waals surface area contributed by atoms with Crippen LogP contribution in [0.4, 0.5) is 0 Å². The molecule has 0 aliphatic carbocycles. The number of methoxy groups -OCH3 is 1. The molecule has 0 aromatic carbocycles. The van der Waals surface area contributed by atoms with E-state index >= 15 is 0 Å². The fraction of sp³-hybridized carbons (Fsp3) is 0.917. The van der Waals surface area contributed by atoms with Crippen LogP contribution >= 0.6 is 0 Å². The Bertz CT molecular complexity index is 215. The van der Waals surface area contributed by atoms with Crippen molar-refractivity contribution in [2.24, 2.45) is 0 Å². The van der Waals surface area contributed by atoms with Crippen LogP contribution < -0.4 is 5.32 Å². The summed E-state index contributed by atoms with van der Waals surface area (Å²) in [5.74, 6) is 0. The lowest BCUT2D eigenvalue weighted by Crippen LogP contribution is -2.38. The van der Waals surface area contributed by atoms with Crippen molar-refractivity contribution in [2.75, 3.05) is 40.9 Å². The molecule has 0 rings (SSSR count). The van der Waals surface area contributed by atoms with E-state index in [4.69, 9.17) is 10.00 Å². The van der Waals surface area contributed by atoms with Crippen molar-refractivity contribution < 1.29 is 4.74 Å². The predicted molar refractivity (Wildman–Crippen MR) is 66.3 cm³/mol. The lowest BCUT2D eigenvalue weighted by Gasteiger charge is -2.22. The highest BCUT2D eigenvalue weighted by molar-refractivity contribution is 5.02. The molecule has 0 fully saturated rings. The summed E-state index contributed by atoms with van der Waals surface area (Å²) in [6.07, 6.45) is 2.98. The monoisotopic (exact) mass is 227 g/mol. The molecule has 94 valence electrons. The van der Waals surface area contributed by atoms with E-state index in [0.717, 1.165) is 39.0 Å². The van der Waals surface area contributed by atoms with Gasteiger partial charge in [-0.25, -0.2) is 0 Å². The zero-order chi connectivity index (χ0) is 12.4. The van der Waals surface area contributed by atoms with E-state index in [1.165, 1.54) is 0 Å². The van der Waals surface area contributed by atoms with Gasteiger partial charge in [0.2, 0.25) is 0 Å². The number of ether oxygens (including phenoxy) is 1. The predicted octanol–water partition coefficient (Wildman–Crippen LogP) is 1.24. The Hall–Kier alpha value is -0.630. The highest BCUT2D eigenvalue weighted by Crippen LogP contribution is 2.10. The normalized spacial score (nSPS) is 14.8. The topological polar surface area (TPSA) is 48.3 Å². The Balaban J connectivity index is 3.61. The van der Waals surface area contributed by atoms with Gasteiger partial charge in [-0.15, -0.1) is 0 Å². The molecular weight excluding hydrogens is 202 g/mol. The number of hydrogen-bond acceptors (Lipinski definition) is 4. The molecule has 0 saturated heterocycles. The standard InChI is InChI=1S/C12H25N3O/c1-12(11-13,14-2)7-5-8-15(3)9-6-10-16-4/h14H,5-10H2,1-4H3. The summed E-state index contributed by atoms with van der Waals surface area (Å²) in [5.41, 5.74) is -0.382. The molecule has 0 aromatic rings. The van der Waals surface area contributed by atoms with Crippen molar-refractivity contribution in [3.63, 3.8) is 0 Å². The first-order valence-corrected chi connectivity index (χ1v) is 5.85. The Labute approximate surface area is 99.6 Å². The fourth-order valence-electron chi connectivity index (χ4n) is 1.53. The number of rotatable bonds is 9. The van der Waals surface area contributed by atoms with E-state index in [1.807, 2.05) is 14.0 Å². The summed E-state index contributed by atoms with van der Waals surface area (Å²) in [7, 11) is 5.68. The van der Waals surface area contributed by atoms with Crippen LogP contribution in [0.15, 0.2) is 0 Å². The zero-order valence-corrected chi connectivity index (χ0v) is 11.0. The van der Waals surface area contributed by atoms with Crippen LogP contribution in [0.1, 0.15) is 26.2 Å². The van der Waals surface area contributed by atoms with Crippen molar-refractivity contribution in [3.05, 3.63) is 0 Å². The Morgan fingerprint density at radius 3 is 2.50 bits per heavy atom. The summed E-state index contributed by atoms with van der Waals surface area (Å²) in [5, 5.41) is 12.0. The fourth-order valence-corrected chi connectivity index (χ4v) is 1.53. The highest BCUT2D eigenvalue weighted by Gasteiger charge is 2.20. The van der Waals surface area contributed by atoms with E-state index in [1.54, 1.807) is 7.11 Å². The maximum atomic E-state index is 8.98. The minimum atomic E-state index is -0.382. The molecule has 0 bridgehead atoms. The Morgan fingerprint density at radius 1 is 1.38 bits per heavy atom. The largest absolute Gasteiger partial charge is 0.385 e. The van der Waals surface area contributed by atoms with E-state index < -0.39 is 0 Å². The van der Waals surface area contributed by atoms with E-state index in [2.05, 4.69) is 23.3 Å². The second kappa shape index (κ2) is 8.51. The third-order valence-electron chi connectivity index (χ3n) is 2.90. The molecule has 0 amide bonds. The van der Waals surface area contributed by atoms with Crippen molar-refractivity contribution in [1.82, 2.24) is 10.2 Å². The minimum absolute atomic E-state index is 0.382. The third-order valence-corrected chi connectivity index (χ3v) is 2.90. The van der Waals surface area contributed by atoms with Gasteiger partial charge in [0, 0.05) is 20.3 Å². The summed E-state index contributed by atoms with van der Waals surface area (Å²) in [6, 6.07) is 2.30. The van der Waals surface area contributed by atoms with Crippen molar-refractivity contribution >= 4 is 0 Å². The van der Waals surface area contributed by atoms with Crippen LogP contribution in [0.25, 0.3) is 0 Å². The molecule has 1 atom stereocenters. The molecule has 0 radical (unpaired) electrons. The number of nitrogens with one attached hydrogen (secondary N) is 1. The molecule has 4 heteroatoms. The lowest BCUT2D eigenvalue weighted by molar-refractivity contribution is 0.178. The van der Waals surface area contributed by atoms with E-state index in [0.29, 0.717) is 0 Å². The van der Waals surface area contributed by atoms with Gasteiger partial charge in [-0.05, 0) is 46.8 Å². The number of nitriles is 1. The van der Waals surface area contributed by atoms with Gasteiger partial charge < -0.3 is 15.0 Å². The molecule has 0 saturated carbocycles. The van der Waals surface area contributed by atoms with Crippen LogP contribution in [-0.2, 0) is 4.74 Å². The van der Waals surface area contributed by atoms with Gasteiger partial charge in [-0.1, -0.05) is 0 Å². The Kier molecular flexibility index (Phi) is 8.18.